The third kappa shape index (κ3) is 3.66. The van der Waals surface area contributed by atoms with Crippen molar-refractivity contribution in [2.24, 2.45) is 0 Å². The van der Waals surface area contributed by atoms with Gasteiger partial charge in [-0.3, -0.25) is 4.79 Å². The van der Waals surface area contributed by atoms with Gasteiger partial charge in [-0.25, -0.2) is 4.98 Å². The van der Waals surface area contributed by atoms with Crippen molar-refractivity contribution in [3.63, 3.8) is 0 Å². The Balaban J connectivity index is 1.98. The molecule has 2 heterocycles. The first kappa shape index (κ1) is 15.2. The van der Waals surface area contributed by atoms with Crippen LogP contribution in [0, 0.1) is 0 Å². The van der Waals surface area contributed by atoms with E-state index in [1.165, 1.54) is 18.4 Å². The number of thiazole rings is 1. The monoisotopic (exact) mass is 302 g/mol. The van der Waals surface area contributed by atoms with E-state index >= 15 is 0 Å². The Hall–Kier alpha value is -1.22. The molecule has 20 heavy (non-hydrogen) atoms. The van der Waals surface area contributed by atoms with Crippen LogP contribution in [0.4, 0.5) is 5.13 Å². The summed E-state index contributed by atoms with van der Waals surface area (Å²) in [5.41, 5.74) is 0.368. The molecule has 1 saturated heterocycles. The molecule has 2 rings (SSSR count). The predicted molar refractivity (Wildman–Crippen MR) is 72.7 cm³/mol. The van der Waals surface area contributed by atoms with Crippen molar-refractivity contribution in [3.8, 4) is 0 Å². The van der Waals surface area contributed by atoms with Gasteiger partial charge in [-0.1, -0.05) is 0 Å². The zero-order valence-electron chi connectivity index (χ0n) is 11.2. The topological polar surface area (TPSA) is 92.1 Å². The van der Waals surface area contributed by atoms with Gasteiger partial charge in [0.15, 0.2) is 5.13 Å². The quantitative estimate of drug-likeness (QED) is 0.736. The Morgan fingerprint density at radius 3 is 2.90 bits per heavy atom. The lowest BCUT2D eigenvalue weighted by Crippen LogP contribution is -2.36. The summed E-state index contributed by atoms with van der Waals surface area (Å²) in [4.78, 5) is 17.5. The summed E-state index contributed by atoms with van der Waals surface area (Å²) in [5, 5.41) is 22.2. The Kier molecular flexibility index (Phi) is 5.30. The number of carbonyl (C=O) groups excluding carboxylic acids is 1. The number of rotatable bonds is 5. The van der Waals surface area contributed by atoms with E-state index in [0.717, 1.165) is 18.2 Å². The van der Waals surface area contributed by atoms with Crippen LogP contribution in [0.5, 0.6) is 0 Å². The van der Waals surface area contributed by atoms with Crippen LogP contribution in [-0.2, 0) is 14.3 Å². The van der Waals surface area contributed by atoms with Crippen molar-refractivity contribution in [2.45, 2.75) is 18.6 Å². The van der Waals surface area contributed by atoms with Crippen molar-refractivity contribution in [1.82, 2.24) is 4.98 Å². The first-order valence-corrected chi connectivity index (χ1v) is 7.21. The molecule has 0 saturated carbocycles. The third-order valence-electron chi connectivity index (χ3n) is 3.06. The van der Waals surface area contributed by atoms with Crippen LogP contribution < -0.4 is 4.90 Å². The Morgan fingerprint density at radius 2 is 2.25 bits per heavy atom. The standard InChI is InChI=1S/C12H18N2O5S/c1-18-10(16)6-9(15)11(17)8-7-20-12(13-8)14-2-4-19-5-3-14/h7,9,11,15,17H,2-6H2,1H3. The molecule has 112 valence electrons. The van der Waals surface area contributed by atoms with Gasteiger partial charge in [0, 0.05) is 18.5 Å². The summed E-state index contributed by atoms with van der Waals surface area (Å²) in [5.74, 6) is -0.569. The molecule has 1 fully saturated rings. The number of aliphatic hydroxyl groups is 2. The number of aromatic nitrogens is 1. The highest BCUT2D eigenvalue weighted by atomic mass is 32.1. The molecule has 0 bridgehead atoms. The summed E-state index contributed by atoms with van der Waals surface area (Å²) < 4.78 is 9.72. The van der Waals surface area contributed by atoms with E-state index in [-0.39, 0.29) is 6.42 Å². The number of methoxy groups -OCH3 is 1. The second-order valence-electron chi connectivity index (χ2n) is 4.45. The third-order valence-corrected chi connectivity index (χ3v) is 3.98. The molecule has 1 aromatic heterocycles. The average Bonchev–Trinajstić information content (AvgIpc) is 2.97. The second-order valence-corrected chi connectivity index (χ2v) is 5.28. The largest absolute Gasteiger partial charge is 0.469 e. The van der Waals surface area contributed by atoms with Gasteiger partial charge in [-0.15, -0.1) is 11.3 Å². The molecule has 1 aliphatic heterocycles. The molecule has 8 heteroatoms. The average molecular weight is 302 g/mol. The zero-order valence-corrected chi connectivity index (χ0v) is 12.0. The number of ether oxygens (including phenoxy) is 2. The van der Waals surface area contributed by atoms with Crippen molar-refractivity contribution in [3.05, 3.63) is 11.1 Å². The van der Waals surface area contributed by atoms with E-state index in [4.69, 9.17) is 4.74 Å². The number of carbonyl (C=O) groups is 1. The number of esters is 1. The second kappa shape index (κ2) is 6.98. The normalized spacial score (nSPS) is 18.6. The molecule has 0 spiro atoms. The van der Waals surface area contributed by atoms with Crippen LogP contribution >= 0.6 is 11.3 Å². The summed E-state index contributed by atoms with van der Waals surface area (Å²) >= 11 is 1.40. The molecular weight excluding hydrogens is 284 g/mol. The van der Waals surface area contributed by atoms with Crippen molar-refractivity contribution in [2.75, 3.05) is 38.3 Å². The van der Waals surface area contributed by atoms with Crippen LogP contribution in [0.2, 0.25) is 0 Å². The fourth-order valence-electron chi connectivity index (χ4n) is 1.87. The first-order valence-electron chi connectivity index (χ1n) is 6.33. The van der Waals surface area contributed by atoms with Gasteiger partial charge >= 0.3 is 5.97 Å². The fourth-order valence-corrected chi connectivity index (χ4v) is 2.78. The lowest BCUT2D eigenvalue weighted by atomic mass is 10.1. The van der Waals surface area contributed by atoms with E-state index in [1.807, 2.05) is 0 Å². The van der Waals surface area contributed by atoms with Crippen LogP contribution in [0.1, 0.15) is 18.2 Å². The van der Waals surface area contributed by atoms with Crippen molar-refractivity contribution in [1.29, 1.82) is 0 Å². The molecular formula is C12H18N2O5S. The number of aliphatic hydroxyl groups excluding tert-OH is 2. The zero-order chi connectivity index (χ0) is 14.5. The van der Waals surface area contributed by atoms with Crippen LogP contribution in [0.15, 0.2) is 5.38 Å². The molecule has 7 nitrogen and oxygen atoms in total. The van der Waals surface area contributed by atoms with Gasteiger partial charge in [0.1, 0.15) is 6.10 Å². The number of morpholine rings is 1. The Morgan fingerprint density at radius 1 is 1.55 bits per heavy atom. The number of hydrogen-bond acceptors (Lipinski definition) is 8. The minimum atomic E-state index is -1.22. The highest BCUT2D eigenvalue weighted by Crippen LogP contribution is 2.27. The molecule has 1 aromatic rings. The molecule has 2 unspecified atom stereocenters. The van der Waals surface area contributed by atoms with E-state index in [1.54, 1.807) is 5.38 Å². The Bertz CT molecular complexity index is 447. The lowest BCUT2D eigenvalue weighted by molar-refractivity contribution is -0.144. The number of nitrogens with zero attached hydrogens (tertiary/aromatic N) is 2. The van der Waals surface area contributed by atoms with Crippen LogP contribution in [0.25, 0.3) is 0 Å². The molecule has 1 aliphatic rings. The minimum Gasteiger partial charge on any atom is -0.469 e. The lowest BCUT2D eigenvalue weighted by Gasteiger charge is -2.26. The van der Waals surface area contributed by atoms with Gasteiger partial charge in [0.25, 0.3) is 0 Å². The first-order chi connectivity index (χ1) is 9.61. The van der Waals surface area contributed by atoms with Crippen molar-refractivity contribution >= 4 is 22.4 Å². The predicted octanol–water partition coefficient (Wildman–Crippen LogP) is -0.0629. The molecule has 0 radical (unpaired) electrons. The molecule has 0 aromatic carbocycles. The summed E-state index contributed by atoms with van der Waals surface area (Å²) in [6.45, 7) is 2.83. The van der Waals surface area contributed by atoms with Gasteiger partial charge in [0.2, 0.25) is 0 Å². The molecule has 2 N–H and O–H groups in total. The van der Waals surface area contributed by atoms with Crippen molar-refractivity contribution < 1.29 is 24.5 Å². The maximum atomic E-state index is 11.1. The number of anilines is 1. The molecule has 2 atom stereocenters. The number of hydrogen-bond donors (Lipinski definition) is 2. The van der Waals surface area contributed by atoms with E-state index in [0.29, 0.717) is 18.9 Å². The maximum absolute atomic E-state index is 11.1. The van der Waals surface area contributed by atoms with E-state index in [9.17, 15) is 15.0 Å². The summed E-state index contributed by atoms with van der Waals surface area (Å²) in [7, 11) is 1.24. The van der Waals surface area contributed by atoms with Crippen LogP contribution in [0.3, 0.4) is 0 Å². The van der Waals surface area contributed by atoms with E-state index in [2.05, 4.69) is 14.6 Å². The van der Waals surface area contributed by atoms with Gasteiger partial charge in [-0.05, 0) is 0 Å². The minimum absolute atomic E-state index is 0.262. The fraction of sp³-hybridized carbons (Fsp3) is 0.667. The molecule has 0 aliphatic carbocycles. The maximum Gasteiger partial charge on any atom is 0.308 e. The smallest absolute Gasteiger partial charge is 0.308 e. The van der Waals surface area contributed by atoms with Gasteiger partial charge < -0.3 is 24.6 Å². The Labute approximate surface area is 120 Å². The highest BCUT2D eigenvalue weighted by molar-refractivity contribution is 7.13. The van der Waals surface area contributed by atoms with Crippen LogP contribution in [-0.4, -0.2) is 60.7 Å². The molecule has 0 amide bonds. The van der Waals surface area contributed by atoms with E-state index < -0.39 is 18.2 Å². The van der Waals surface area contributed by atoms with Gasteiger partial charge in [0.05, 0.1) is 38.5 Å². The van der Waals surface area contributed by atoms with Gasteiger partial charge in [-0.2, -0.15) is 0 Å². The summed E-state index contributed by atoms with van der Waals surface area (Å²) in [6, 6.07) is 0. The highest BCUT2D eigenvalue weighted by Gasteiger charge is 2.25. The summed E-state index contributed by atoms with van der Waals surface area (Å²) in [6.07, 6.45) is -2.68. The SMILES string of the molecule is COC(=O)CC(O)C(O)c1csc(N2CCOCC2)n1.